The van der Waals surface area contributed by atoms with Crippen molar-refractivity contribution in [1.29, 1.82) is 0 Å². The van der Waals surface area contributed by atoms with Crippen LogP contribution in [0.15, 0.2) is 36.8 Å². The number of amides is 2. The van der Waals surface area contributed by atoms with Crippen molar-refractivity contribution in [3.05, 3.63) is 48.3 Å². The number of cyclic esters (lactones) is 1. The highest BCUT2D eigenvalue weighted by molar-refractivity contribution is 7.80. The van der Waals surface area contributed by atoms with Gasteiger partial charge in [0.05, 0.1) is 37.8 Å². The lowest BCUT2D eigenvalue weighted by Crippen LogP contribution is -2.34. The Balaban J connectivity index is 1.71. The summed E-state index contributed by atoms with van der Waals surface area (Å²) >= 11 is 4.88. The van der Waals surface area contributed by atoms with Crippen LogP contribution in [0.25, 0.3) is 0 Å². The van der Waals surface area contributed by atoms with Crippen molar-refractivity contribution in [3.8, 4) is 0 Å². The van der Waals surface area contributed by atoms with Gasteiger partial charge in [0.2, 0.25) is 0 Å². The average molecular weight is 419 g/mol. The van der Waals surface area contributed by atoms with Crippen LogP contribution in [0.5, 0.6) is 0 Å². The normalized spacial score (nSPS) is 15.6. The molecule has 1 aromatic heterocycles. The molecule has 0 saturated carbocycles. The van der Waals surface area contributed by atoms with Gasteiger partial charge < -0.3 is 19.7 Å². The van der Waals surface area contributed by atoms with Crippen LogP contribution in [0.2, 0.25) is 0 Å². The summed E-state index contributed by atoms with van der Waals surface area (Å²) in [6, 6.07) is 4.13. The van der Waals surface area contributed by atoms with Gasteiger partial charge in [-0.2, -0.15) is 0 Å². The van der Waals surface area contributed by atoms with E-state index in [4.69, 9.17) is 21.7 Å². The predicted octanol–water partition coefficient (Wildman–Crippen LogP) is 1.74. The Bertz CT molecular complexity index is 930. The predicted molar refractivity (Wildman–Crippen MR) is 106 cm³/mol. The van der Waals surface area contributed by atoms with Crippen LogP contribution in [0.3, 0.4) is 0 Å². The van der Waals surface area contributed by atoms with Crippen molar-refractivity contribution in [1.82, 2.24) is 15.3 Å². The third-order valence-electron chi connectivity index (χ3n) is 4.22. The molecule has 1 N–H and O–H groups in total. The van der Waals surface area contributed by atoms with Crippen molar-refractivity contribution < 1.29 is 23.5 Å². The Hall–Kier alpha value is -3.34. The topological polar surface area (TPSA) is 96.9 Å². The van der Waals surface area contributed by atoms with E-state index in [1.165, 1.54) is 55.8 Å². The van der Waals surface area contributed by atoms with Crippen LogP contribution >= 0.6 is 12.2 Å². The van der Waals surface area contributed by atoms with Gasteiger partial charge in [0, 0.05) is 19.4 Å². The smallest absolute Gasteiger partial charge is 0.414 e. The number of anilines is 2. The molecule has 0 bridgehead atoms. The zero-order chi connectivity index (χ0) is 21.0. The maximum Gasteiger partial charge on any atom is 0.414 e. The number of hydrogen-bond acceptors (Lipinski definition) is 7. The first-order valence-electron chi connectivity index (χ1n) is 8.54. The molecule has 1 aliphatic rings. The minimum absolute atomic E-state index is 0.0422. The molecule has 0 aliphatic carbocycles. The van der Waals surface area contributed by atoms with E-state index in [0.717, 1.165) is 4.90 Å². The molecule has 1 saturated heterocycles. The molecule has 2 heterocycles. The third kappa shape index (κ3) is 4.57. The van der Waals surface area contributed by atoms with E-state index >= 15 is 0 Å². The number of nitrogens with zero attached hydrogens (tertiary/aromatic N) is 4. The Kier molecular flexibility index (Phi) is 6.17. The first kappa shape index (κ1) is 20.4. The standard InChI is InChI=1S/C18H18FN5O4S/c1-23(16(25)14-9-20-5-6-21-14)15-4-3-11(7-13(15)19)24-10-12(28-18(24)26)8-22-17(29)27-2/h3-7,9,12H,8,10H2,1-2H3,(H,22,29). The third-order valence-corrected chi connectivity index (χ3v) is 4.54. The van der Waals surface area contributed by atoms with Gasteiger partial charge in [-0.25, -0.2) is 14.2 Å². The van der Waals surface area contributed by atoms with Gasteiger partial charge in [-0.05, 0) is 30.4 Å². The average Bonchev–Trinajstić information content (AvgIpc) is 3.12. The van der Waals surface area contributed by atoms with Gasteiger partial charge in [-0.15, -0.1) is 0 Å². The maximum atomic E-state index is 14.7. The lowest BCUT2D eigenvalue weighted by atomic mass is 10.2. The Morgan fingerprint density at radius 2 is 2.28 bits per heavy atom. The van der Waals surface area contributed by atoms with Gasteiger partial charge in [-0.1, -0.05) is 0 Å². The van der Waals surface area contributed by atoms with Crippen LogP contribution < -0.4 is 15.1 Å². The van der Waals surface area contributed by atoms with Crippen molar-refractivity contribution >= 4 is 40.8 Å². The summed E-state index contributed by atoms with van der Waals surface area (Å²) < 4.78 is 24.8. The highest BCUT2D eigenvalue weighted by Crippen LogP contribution is 2.28. The number of carbonyl (C=O) groups is 2. The molecule has 1 fully saturated rings. The molecular weight excluding hydrogens is 401 g/mol. The molecular formula is C18H18FN5O4S. The fourth-order valence-corrected chi connectivity index (χ4v) is 2.82. The second kappa shape index (κ2) is 8.78. The molecule has 0 spiro atoms. The molecule has 2 aromatic rings. The zero-order valence-corrected chi connectivity index (χ0v) is 16.5. The SMILES string of the molecule is COC(=S)NCC1CN(c2ccc(N(C)C(=O)c3cnccn3)c(F)c2)C(=O)O1. The molecule has 2 amide bonds. The number of aromatic nitrogens is 2. The largest absolute Gasteiger partial charge is 0.474 e. The van der Waals surface area contributed by atoms with Crippen LogP contribution in [-0.4, -0.2) is 60.5 Å². The minimum atomic E-state index is -0.669. The fraction of sp³-hybridized carbons (Fsp3) is 0.278. The van der Waals surface area contributed by atoms with E-state index in [0.29, 0.717) is 5.69 Å². The Morgan fingerprint density at radius 1 is 1.48 bits per heavy atom. The number of methoxy groups -OCH3 is 1. The highest BCUT2D eigenvalue weighted by atomic mass is 32.1. The number of ether oxygens (including phenoxy) is 2. The summed E-state index contributed by atoms with van der Waals surface area (Å²) in [5.41, 5.74) is 0.444. The molecule has 152 valence electrons. The zero-order valence-electron chi connectivity index (χ0n) is 15.7. The van der Waals surface area contributed by atoms with Crippen LogP contribution in [0.4, 0.5) is 20.6 Å². The first-order chi connectivity index (χ1) is 13.9. The van der Waals surface area contributed by atoms with Crippen molar-refractivity contribution in [2.24, 2.45) is 0 Å². The number of benzene rings is 1. The summed E-state index contributed by atoms with van der Waals surface area (Å²) in [7, 11) is 2.86. The van der Waals surface area contributed by atoms with E-state index in [2.05, 4.69) is 15.3 Å². The highest BCUT2D eigenvalue weighted by Gasteiger charge is 2.33. The van der Waals surface area contributed by atoms with Gasteiger partial charge in [-0.3, -0.25) is 14.7 Å². The molecule has 29 heavy (non-hydrogen) atoms. The lowest BCUT2D eigenvalue weighted by Gasteiger charge is -2.19. The van der Waals surface area contributed by atoms with E-state index in [1.807, 2.05) is 0 Å². The number of halogens is 1. The summed E-state index contributed by atoms with van der Waals surface area (Å²) in [6.07, 6.45) is 3.04. The number of thiocarbonyl (C=S) groups is 1. The van der Waals surface area contributed by atoms with Gasteiger partial charge in [0.15, 0.2) is 0 Å². The second-order valence-corrected chi connectivity index (χ2v) is 6.45. The van der Waals surface area contributed by atoms with Crippen LogP contribution in [0.1, 0.15) is 10.5 Å². The van der Waals surface area contributed by atoms with Crippen molar-refractivity contribution in [2.75, 3.05) is 37.0 Å². The summed E-state index contributed by atoms with van der Waals surface area (Å²) in [6.45, 7) is 0.482. The maximum absolute atomic E-state index is 14.7. The van der Waals surface area contributed by atoms with Crippen LogP contribution in [0, 0.1) is 5.82 Å². The Labute approximate surface area is 171 Å². The molecule has 11 heteroatoms. The summed E-state index contributed by atoms with van der Waals surface area (Å²) in [5, 5.41) is 2.99. The molecule has 3 rings (SSSR count). The first-order valence-corrected chi connectivity index (χ1v) is 8.95. The van der Waals surface area contributed by atoms with E-state index < -0.39 is 23.9 Å². The van der Waals surface area contributed by atoms with E-state index in [9.17, 15) is 14.0 Å². The number of hydrogen-bond donors (Lipinski definition) is 1. The minimum Gasteiger partial charge on any atom is -0.474 e. The van der Waals surface area contributed by atoms with E-state index in [-0.39, 0.29) is 29.6 Å². The number of rotatable bonds is 5. The molecule has 1 unspecified atom stereocenters. The quantitative estimate of drug-likeness (QED) is 0.732. The monoisotopic (exact) mass is 419 g/mol. The van der Waals surface area contributed by atoms with Gasteiger partial charge in [0.25, 0.3) is 11.1 Å². The summed E-state index contributed by atoms with van der Waals surface area (Å²) in [4.78, 5) is 34.8. The van der Waals surface area contributed by atoms with Gasteiger partial charge >= 0.3 is 6.09 Å². The molecule has 1 atom stereocenters. The number of carbonyl (C=O) groups excluding carboxylic acids is 2. The fourth-order valence-electron chi connectivity index (χ4n) is 2.73. The lowest BCUT2D eigenvalue weighted by molar-refractivity contribution is 0.0987. The van der Waals surface area contributed by atoms with Crippen LogP contribution in [-0.2, 0) is 9.47 Å². The van der Waals surface area contributed by atoms with E-state index in [1.54, 1.807) is 0 Å². The molecule has 0 radical (unpaired) electrons. The second-order valence-electron chi connectivity index (χ2n) is 6.08. The molecule has 1 aliphatic heterocycles. The Morgan fingerprint density at radius 3 is 2.93 bits per heavy atom. The summed E-state index contributed by atoms with van der Waals surface area (Å²) in [5.74, 6) is -1.18. The van der Waals surface area contributed by atoms with Crippen molar-refractivity contribution in [3.63, 3.8) is 0 Å². The number of nitrogens with one attached hydrogen (secondary N) is 1. The molecule has 9 nitrogen and oxygen atoms in total. The van der Waals surface area contributed by atoms with Gasteiger partial charge in [0.1, 0.15) is 17.6 Å². The van der Waals surface area contributed by atoms with Crippen molar-refractivity contribution in [2.45, 2.75) is 6.10 Å². The molecule has 1 aromatic carbocycles.